The van der Waals surface area contributed by atoms with Gasteiger partial charge in [0.15, 0.2) is 5.41 Å². The molecule has 8 heteroatoms. The third-order valence-corrected chi connectivity index (χ3v) is 5.82. The molecule has 2 aromatic rings. The standard InChI is InChI=1S/C22H21F3N2O3/c1-2-30-20(29)21-13-27(11-14-7-4-3-5-8-14)12-17(21)15-9-6-10-16(22(23,24)25)18(15)26-19(21)28/h3-10,17H,2,11-13H2,1H3,(H,26,28). The van der Waals surface area contributed by atoms with Gasteiger partial charge in [0.2, 0.25) is 5.91 Å². The van der Waals surface area contributed by atoms with Crippen molar-refractivity contribution in [3.05, 3.63) is 65.2 Å². The highest BCUT2D eigenvalue weighted by Crippen LogP contribution is 2.52. The first-order valence-electron chi connectivity index (χ1n) is 9.72. The zero-order chi connectivity index (χ0) is 21.5. The Kier molecular flexibility index (Phi) is 5.05. The third kappa shape index (κ3) is 3.25. The van der Waals surface area contributed by atoms with Crippen LogP contribution in [0, 0.1) is 5.41 Å². The number of ether oxygens (including phenoxy) is 1. The molecule has 1 N–H and O–H groups in total. The molecule has 30 heavy (non-hydrogen) atoms. The van der Waals surface area contributed by atoms with Crippen LogP contribution in [0.15, 0.2) is 48.5 Å². The maximum Gasteiger partial charge on any atom is 0.418 e. The van der Waals surface area contributed by atoms with Gasteiger partial charge in [-0.25, -0.2) is 0 Å². The van der Waals surface area contributed by atoms with Crippen LogP contribution in [0.5, 0.6) is 0 Å². The van der Waals surface area contributed by atoms with Gasteiger partial charge < -0.3 is 10.1 Å². The van der Waals surface area contributed by atoms with Crippen LogP contribution in [0.4, 0.5) is 18.9 Å². The van der Waals surface area contributed by atoms with Gasteiger partial charge in [-0.3, -0.25) is 14.5 Å². The molecule has 1 fully saturated rings. The highest BCUT2D eigenvalue weighted by atomic mass is 19.4. The molecule has 1 amide bonds. The second kappa shape index (κ2) is 7.43. The quantitative estimate of drug-likeness (QED) is 0.606. The van der Waals surface area contributed by atoms with Crippen molar-refractivity contribution in [1.29, 1.82) is 0 Å². The van der Waals surface area contributed by atoms with Gasteiger partial charge in [-0.1, -0.05) is 42.5 Å². The molecular formula is C22H21F3N2O3. The summed E-state index contributed by atoms with van der Waals surface area (Å²) in [6.07, 6.45) is -4.62. The molecular weight excluding hydrogens is 397 g/mol. The second-order valence-electron chi connectivity index (χ2n) is 7.62. The van der Waals surface area contributed by atoms with Crippen molar-refractivity contribution in [2.75, 3.05) is 25.0 Å². The molecule has 2 aromatic carbocycles. The van der Waals surface area contributed by atoms with Crippen molar-refractivity contribution in [1.82, 2.24) is 4.90 Å². The van der Waals surface area contributed by atoms with Crippen LogP contribution in [0.3, 0.4) is 0 Å². The lowest BCUT2D eigenvalue weighted by Crippen LogP contribution is -2.52. The number of carbonyl (C=O) groups excluding carboxylic acids is 2. The number of halogens is 3. The number of rotatable bonds is 4. The van der Waals surface area contributed by atoms with E-state index in [1.54, 1.807) is 13.0 Å². The first-order valence-corrected chi connectivity index (χ1v) is 9.72. The molecule has 1 saturated heterocycles. The summed E-state index contributed by atoms with van der Waals surface area (Å²) in [7, 11) is 0. The topological polar surface area (TPSA) is 58.6 Å². The van der Waals surface area contributed by atoms with E-state index in [1.807, 2.05) is 35.2 Å². The number of carbonyl (C=O) groups is 2. The number of hydrogen-bond donors (Lipinski definition) is 1. The molecule has 0 radical (unpaired) electrons. The Hall–Kier alpha value is -2.87. The van der Waals surface area contributed by atoms with Crippen LogP contribution in [0.1, 0.15) is 29.5 Å². The number of benzene rings is 2. The van der Waals surface area contributed by atoms with E-state index in [0.29, 0.717) is 12.1 Å². The average Bonchev–Trinajstić information content (AvgIpc) is 3.09. The van der Waals surface area contributed by atoms with Crippen LogP contribution in [0.25, 0.3) is 0 Å². The van der Waals surface area contributed by atoms with Crippen LogP contribution < -0.4 is 5.32 Å². The minimum atomic E-state index is -4.62. The van der Waals surface area contributed by atoms with Gasteiger partial charge in [-0.2, -0.15) is 13.2 Å². The highest BCUT2D eigenvalue weighted by molar-refractivity contribution is 6.13. The molecule has 2 aliphatic rings. The Labute approximate surface area is 171 Å². The maximum atomic E-state index is 13.5. The van der Waals surface area contributed by atoms with Crippen LogP contribution >= 0.6 is 0 Å². The minimum absolute atomic E-state index is 0.0763. The van der Waals surface area contributed by atoms with Crippen molar-refractivity contribution in [2.45, 2.75) is 25.6 Å². The van der Waals surface area contributed by atoms with E-state index in [0.717, 1.165) is 11.6 Å². The summed E-state index contributed by atoms with van der Waals surface area (Å²) in [5.74, 6) is -2.18. The van der Waals surface area contributed by atoms with E-state index in [1.165, 1.54) is 6.07 Å². The van der Waals surface area contributed by atoms with Crippen molar-refractivity contribution < 1.29 is 27.5 Å². The molecule has 0 bridgehead atoms. The van der Waals surface area contributed by atoms with Crippen LogP contribution in [0.2, 0.25) is 0 Å². The summed E-state index contributed by atoms with van der Waals surface area (Å²) in [5, 5.41) is 2.38. The monoisotopic (exact) mass is 418 g/mol. The molecule has 0 saturated carbocycles. The van der Waals surface area contributed by atoms with E-state index in [4.69, 9.17) is 4.74 Å². The highest BCUT2D eigenvalue weighted by Gasteiger charge is 2.62. The lowest BCUT2D eigenvalue weighted by atomic mass is 9.70. The number of esters is 1. The van der Waals surface area contributed by atoms with E-state index in [9.17, 15) is 22.8 Å². The summed E-state index contributed by atoms with van der Waals surface area (Å²) in [6.45, 7) is 2.54. The van der Waals surface area contributed by atoms with Gasteiger partial charge in [0.25, 0.3) is 0 Å². The Bertz CT molecular complexity index is 977. The SMILES string of the molecule is CCOC(=O)C12CN(Cc3ccccc3)CC1c1cccc(C(F)(F)F)c1NC2=O. The Balaban J connectivity index is 1.79. The Morgan fingerprint density at radius 2 is 1.93 bits per heavy atom. The number of amides is 1. The van der Waals surface area contributed by atoms with Gasteiger partial charge in [0, 0.05) is 25.6 Å². The molecule has 2 atom stereocenters. The predicted molar refractivity (Wildman–Crippen MR) is 104 cm³/mol. The summed E-state index contributed by atoms with van der Waals surface area (Å²) < 4.78 is 45.8. The minimum Gasteiger partial charge on any atom is -0.465 e. The number of nitrogens with zero attached hydrogens (tertiary/aromatic N) is 1. The molecule has 5 nitrogen and oxygen atoms in total. The van der Waals surface area contributed by atoms with Gasteiger partial charge in [-0.05, 0) is 24.1 Å². The van der Waals surface area contributed by atoms with Crippen molar-refractivity contribution >= 4 is 17.6 Å². The molecule has 2 heterocycles. The Morgan fingerprint density at radius 1 is 1.20 bits per heavy atom. The lowest BCUT2D eigenvalue weighted by Gasteiger charge is -2.37. The predicted octanol–water partition coefficient (Wildman–Crippen LogP) is 3.81. The lowest BCUT2D eigenvalue weighted by molar-refractivity contribution is -0.159. The third-order valence-electron chi connectivity index (χ3n) is 5.82. The maximum absolute atomic E-state index is 13.5. The largest absolute Gasteiger partial charge is 0.465 e. The molecule has 0 spiro atoms. The fourth-order valence-corrected chi connectivity index (χ4v) is 4.52. The number of likely N-dealkylation sites (tertiary alicyclic amines) is 1. The zero-order valence-corrected chi connectivity index (χ0v) is 16.3. The number of fused-ring (bicyclic) bond motifs is 3. The number of alkyl halides is 3. The molecule has 2 aliphatic heterocycles. The summed E-state index contributed by atoms with van der Waals surface area (Å²) in [4.78, 5) is 28.0. The smallest absolute Gasteiger partial charge is 0.418 e. The summed E-state index contributed by atoms with van der Waals surface area (Å²) >= 11 is 0. The molecule has 2 unspecified atom stereocenters. The number of nitrogens with one attached hydrogen (secondary N) is 1. The van der Waals surface area contributed by atoms with Crippen molar-refractivity contribution in [3.63, 3.8) is 0 Å². The van der Waals surface area contributed by atoms with Crippen molar-refractivity contribution in [2.24, 2.45) is 5.41 Å². The van der Waals surface area contributed by atoms with Gasteiger partial charge in [-0.15, -0.1) is 0 Å². The molecule has 4 rings (SSSR count). The normalized spacial score (nSPS) is 23.5. The summed E-state index contributed by atoms with van der Waals surface area (Å²) in [5.41, 5.74) is -1.45. The number of para-hydroxylation sites is 1. The van der Waals surface area contributed by atoms with Gasteiger partial charge in [0.05, 0.1) is 17.9 Å². The fraction of sp³-hybridized carbons (Fsp3) is 0.364. The van der Waals surface area contributed by atoms with Gasteiger partial charge in [0.1, 0.15) is 0 Å². The summed E-state index contributed by atoms with van der Waals surface area (Å²) in [6, 6.07) is 13.3. The van der Waals surface area contributed by atoms with E-state index < -0.39 is 34.9 Å². The fourth-order valence-electron chi connectivity index (χ4n) is 4.52. The van der Waals surface area contributed by atoms with E-state index >= 15 is 0 Å². The van der Waals surface area contributed by atoms with Crippen LogP contribution in [-0.2, 0) is 27.0 Å². The molecule has 158 valence electrons. The molecule has 0 aliphatic carbocycles. The second-order valence-corrected chi connectivity index (χ2v) is 7.62. The number of hydrogen-bond acceptors (Lipinski definition) is 4. The van der Waals surface area contributed by atoms with E-state index in [-0.39, 0.29) is 25.4 Å². The molecule has 0 aromatic heterocycles. The first kappa shape index (κ1) is 20.4. The van der Waals surface area contributed by atoms with Crippen molar-refractivity contribution in [3.8, 4) is 0 Å². The van der Waals surface area contributed by atoms with Gasteiger partial charge >= 0.3 is 12.1 Å². The number of anilines is 1. The van der Waals surface area contributed by atoms with Crippen LogP contribution in [-0.4, -0.2) is 36.5 Å². The first-order chi connectivity index (χ1) is 14.3. The zero-order valence-electron chi connectivity index (χ0n) is 16.3. The average molecular weight is 418 g/mol. The Morgan fingerprint density at radius 3 is 2.60 bits per heavy atom. The van der Waals surface area contributed by atoms with E-state index in [2.05, 4.69) is 5.32 Å².